The molecule has 0 aliphatic heterocycles. The molecule has 1 aromatic carbocycles. The van der Waals surface area contributed by atoms with Crippen molar-refractivity contribution < 1.29 is 0 Å². The molecule has 0 saturated carbocycles. The number of anilines is 1. The van der Waals surface area contributed by atoms with E-state index in [1.54, 1.807) is 6.07 Å². The summed E-state index contributed by atoms with van der Waals surface area (Å²) in [7, 11) is 0. The zero-order valence-electron chi connectivity index (χ0n) is 10.4. The number of rotatable bonds is 3. The van der Waals surface area contributed by atoms with Crippen LogP contribution in [0.15, 0.2) is 42.5 Å². The zero-order valence-corrected chi connectivity index (χ0v) is 10.4. The average molecular weight is 253 g/mol. The van der Waals surface area contributed by atoms with E-state index in [2.05, 4.69) is 15.0 Å². The summed E-state index contributed by atoms with van der Waals surface area (Å²) in [4.78, 5) is 11.8. The first-order chi connectivity index (χ1) is 9.22. The smallest absolute Gasteiger partial charge is 0.179 e. The summed E-state index contributed by atoms with van der Waals surface area (Å²) >= 11 is 0. The number of nitrogens with two attached hydrogens (primary N) is 2. The molecule has 1 unspecified atom stereocenters. The SMILES string of the molecule is Nc1ccc2[nH]c(CC(N)c3ccccc3)nc2n1. The number of fused-ring (bicyclic) bond motifs is 1. The molecule has 3 rings (SSSR count). The first-order valence-corrected chi connectivity index (χ1v) is 6.14. The number of pyridine rings is 1. The molecule has 0 radical (unpaired) electrons. The fourth-order valence-corrected chi connectivity index (χ4v) is 2.08. The number of hydrogen-bond donors (Lipinski definition) is 3. The Labute approximate surface area is 110 Å². The third-order valence-corrected chi connectivity index (χ3v) is 3.06. The number of benzene rings is 1. The normalized spacial score (nSPS) is 12.7. The van der Waals surface area contributed by atoms with Gasteiger partial charge in [0.05, 0.1) is 5.52 Å². The Kier molecular flexibility index (Phi) is 2.89. The summed E-state index contributed by atoms with van der Waals surface area (Å²) in [5, 5.41) is 0. The molecule has 19 heavy (non-hydrogen) atoms. The Morgan fingerprint density at radius 3 is 2.63 bits per heavy atom. The van der Waals surface area contributed by atoms with Crippen LogP contribution in [0.2, 0.25) is 0 Å². The summed E-state index contributed by atoms with van der Waals surface area (Å²) < 4.78 is 0. The number of nitrogens with zero attached hydrogens (tertiary/aromatic N) is 2. The van der Waals surface area contributed by atoms with Gasteiger partial charge in [-0.25, -0.2) is 9.97 Å². The second kappa shape index (κ2) is 4.70. The fourth-order valence-electron chi connectivity index (χ4n) is 2.08. The average Bonchev–Trinajstić information content (AvgIpc) is 2.81. The highest BCUT2D eigenvalue weighted by Gasteiger charge is 2.10. The molecular weight excluding hydrogens is 238 g/mol. The number of hydrogen-bond acceptors (Lipinski definition) is 4. The van der Waals surface area contributed by atoms with Crippen LogP contribution in [0.1, 0.15) is 17.4 Å². The van der Waals surface area contributed by atoms with Gasteiger partial charge in [-0.3, -0.25) is 0 Å². The largest absolute Gasteiger partial charge is 0.384 e. The third-order valence-electron chi connectivity index (χ3n) is 3.06. The maximum atomic E-state index is 6.17. The summed E-state index contributed by atoms with van der Waals surface area (Å²) in [5.41, 5.74) is 14.4. The Morgan fingerprint density at radius 2 is 1.84 bits per heavy atom. The van der Waals surface area contributed by atoms with Crippen molar-refractivity contribution in [3.05, 3.63) is 53.9 Å². The van der Waals surface area contributed by atoms with Crippen molar-refractivity contribution in [1.29, 1.82) is 0 Å². The predicted octanol–water partition coefficient (Wildman–Crippen LogP) is 1.78. The minimum absolute atomic E-state index is 0.0842. The van der Waals surface area contributed by atoms with E-state index in [0.29, 0.717) is 17.9 Å². The van der Waals surface area contributed by atoms with Crippen molar-refractivity contribution in [3.63, 3.8) is 0 Å². The van der Waals surface area contributed by atoms with Gasteiger partial charge in [-0.2, -0.15) is 0 Å². The van der Waals surface area contributed by atoms with Crippen LogP contribution in [-0.2, 0) is 6.42 Å². The van der Waals surface area contributed by atoms with Crippen LogP contribution in [0, 0.1) is 0 Å². The maximum Gasteiger partial charge on any atom is 0.179 e. The molecule has 0 bridgehead atoms. The topological polar surface area (TPSA) is 93.6 Å². The molecule has 0 saturated heterocycles. The third kappa shape index (κ3) is 2.41. The minimum Gasteiger partial charge on any atom is -0.384 e. The molecule has 5 N–H and O–H groups in total. The van der Waals surface area contributed by atoms with Gasteiger partial charge in [-0.1, -0.05) is 30.3 Å². The fraction of sp³-hybridized carbons (Fsp3) is 0.143. The molecule has 1 atom stereocenters. The summed E-state index contributed by atoms with van der Waals surface area (Å²) in [6.45, 7) is 0. The summed E-state index contributed by atoms with van der Waals surface area (Å²) in [6, 6.07) is 13.5. The van der Waals surface area contributed by atoms with E-state index in [1.807, 2.05) is 36.4 Å². The quantitative estimate of drug-likeness (QED) is 0.663. The Morgan fingerprint density at radius 1 is 1.05 bits per heavy atom. The highest BCUT2D eigenvalue weighted by atomic mass is 15.0. The Hall–Kier alpha value is -2.40. The number of aromatic amines is 1. The van der Waals surface area contributed by atoms with Crippen molar-refractivity contribution in [3.8, 4) is 0 Å². The molecule has 5 nitrogen and oxygen atoms in total. The standard InChI is InChI=1S/C14H15N5/c15-10(9-4-2-1-3-5-9)8-13-17-11-6-7-12(16)18-14(11)19-13/h1-7,10H,8,15H2,(H3,16,17,18,19). The number of nitrogens with one attached hydrogen (secondary N) is 1. The first kappa shape index (κ1) is 11.7. The van der Waals surface area contributed by atoms with E-state index < -0.39 is 0 Å². The van der Waals surface area contributed by atoms with Gasteiger partial charge in [0.25, 0.3) is 0 Å². The van der Waals surface area contributed by atoms with Crippen molar-refractivity contribution >= 4 is 17.0 Å². The van der Waals surface area contributed by atoms with E-state index in [-0.39, 0.29) is 6.04 Å². The van der Waals surface area contributed by atoms with Crippen LogP contribution >= 0.6 is 0 Å². The molecule has 0 spiro atoms. The van der Waals surface area contributed by atoms with E-state index >= 15 is 0 Å². The van der Waals surface area contributed by atoms with Crippen LogP contribution in [0.3, 0.4) is 0 Å². The minimum atomic E-state index is -0.0842. The van der Waals surface area contributed by atoms with E-state index in [1.165, 1.54) is 0 Å². The molecule has 3 aromatic rings. The Balaban J connectivity index is 1.85. The maximum absolute atomic E-state index is 6.17. The van der Waals surface area contributed by atoms with Crippen LogP contribution in [0.25, 0.3) is 11.2 Å². The monoisotopic (exact) mass is 253 g/mol. The number of H-pyrrole nitrogens is 1. The van der Waals surface area contributed by atoms with E-state index in [4.69, 9.17) is 11.5 Å². The van der Waals surface area contributed by atoms with Crippen molar-refractivity contribution in [1.82, 2.24) is 15.0 Å². The first-order valence-electron chi connectivity index (χ1n) is 6.14. The molecule has 96 valence electrons. The van der Waals surface area contributed by atoms with Crippen LogP contribution < -0.4 is 11.5 Å². The lowest BCUT2D eigenvalue weighted by Crippen LogP contribution is -2.13. The van der Waals surface area contributed by atoms with Gasteiger partial charge in [0, 0.05) is 12.5 Å². The van der Waals surface area contributed by atoms with Gasteiger partial charge in [-0.15, -0.1) is 0 Å². The lowest BCUT2D eigenvalue weighted by atomic mass is 10.0. The van der Waals surface area contributed by atoms with Crippen molar-refractivity contribution in [2.45, 2.75) is 12.5 Å². The molecule has 5 heteroatoms. The van der Waals surface area contributed by atoms with Crippen molar-refractivity contribution in [2.75, 3.05) is 5.73 Å². The van der Waals surface area contributed by atoms with Gasteiger partial charge in [-0.05, 0) is 17.7 Å². The van der Waals surface area contributed by atoms with Gasteiger partial charge in [0.1, 0.15) is 11.6 Å². The van der Waals surface area contributed by atoms with E-state index in [9.17, 15) is 0 Å². The number of nitrogen functional groups attached to an aromatic ring is 1. The molecule has 0 fully saturated rings. The molecular formula is C14H15N5. The molecule has 0 aliphatic carbocycles. The molecule has 0 amide bonds. The van der Waals surface area contributed by atoms with Gasteiger partial charge in [0.2, 0.25) is 0 Å². The van der Waals surface area contributed by atoms with Crippen LogP contribution in [0.4, 0.5) is 5.82 Å². The summed E-state index contributed by atoms with van der Waals surface area (Å²) in [5.74, 6) is 1.29. The number of aromatic nitrogens is 3. The van der Waals surface area contributed by atoms with Gasteiger partial charge >= 0.3 is 0 Å². The molecule has 2 aromatic heterocycles. The zero-order chi connectivity index (χ0) is 13.2. The van der Waals surface area contributed by atoms with E-state index in [0.717, 1.165) is 16.9 Å². The predicted molar refractivity (Wildman–Crippen MR) is 75.4 cm³/mol. The lowest BCUT2D eigenvalue weighted by molar-refractivity contribution is 0.696. The molecule has 0 aliphatic rings. The lowest BCUT2D eigenvalue weighted by Gasteiger charge is -2.09. The van der Waals surface area contributed by atoms with Gasteiger partial charge < -0.3 is 16.5 Å². The van der Waals surface area contributed by atoms with Crippen molar-refractivity contribution in [2.24, 2.45) is 5.73 Å². The number of imidazole rings is 1. The second-order valence-corrected chi connectivity index (χ2v) is 4.51. The molecule has 2 heterocycles. The summed E-state index contributed by atoms with van der Waals surface area (Å²) in [6.07, 6.45) is 0.639. The highest BCUT2D eigenvalue weighted by Crippen LogP contribution is 2.17. The Bertz CT molecular complexity index is 689. The van der Waals surface area contributed by atoms with Gasteiger partial charge in [0.15, 0.2) is 5.65 Å². The highest BCUT2D eigenvalue weighted by molar-refractivity contribution is 5.72. The van der Waals surface area contributed by atoms with Crippen LogP contribution in [-0.4, -0.2) is 15.0 Å². The second-order valence-electron chi connectivity index (χ2n) is 4.51. The van der Waals surface area contributed by atoms with Crippen LogP contribution in [0.5, 0.6) is 0 Å².